The number of hydrogen-bond acceptors (Lipinski definition) is 2. The van der Waals surface area contributed by atoms with Crippen molar-refractivity contribution in [3.8, 4) is 0 Å². The average Bonchev–Trinajstić information content (AvgIpc) is 2.97. The Morgan fingerprint density at radius 3 is 2.86 bits per heavy atom. The molecular weight excluding hydrogens is 280 g/mol. The predicted octanol–water partition coefficient (Wildman–Crippen LogP) is 4.53. The summed E-state index contributed by atoms with van der Waals surface area (Å²) >= 11 is 1.72. The number of thioether (sulfide) groups is 1. The first-order valence-electron chi connectivity index (χ1n) is 6.89. The third-order valence-corrected chi connectivity index (χ3v) is 4.22. The molecule has 0 aliphatic rings. The van der Waals surface area contributed by atoms with E-state index in [1.807, 2.05) is 54.7 Å². The molecule has 3 aromatic rings. The van der Waals surface area contributed by atoms with Gasteiger partial charge in [-0.05, 0) is 30.0 Å². The molecule has 0 spiro atoms. The summed E-state index contributed by atoms with van der Waals surface area (Å²) in [5.74, 6) is 0.881. The van der Waals surface area contributed by atoms with E-state index >= 15 is 0 Å². The van der Waals surface area contributed by atoms with Crippen LogP contribution in [0.5, 0.6) is 0 Å². The van der Waals surface area contributed by atoms with Crippen molar-refractivity contribution in [1.29, 1.82) is 0 Å². The summed E-state index contributed by atoms with van der Waals surface area (Å²) in [5.41, 5.74) is 2.39. The molecule has 0 atom stereocenters. The van der Waals surface area contributed by atoms with Crippen LogP contribution in [-0.4, -0.2) is 16.6 Å². The van der Waals surface area contributed by atoms with Gasteiger partial charge in [-0.15, -0.1) is 11.8 Å². The van der Waals surface area contributed by atoms with Crippen molar-refractivity contribution in [2.75, 3.05) is 11.1 Å². The van der Waals surface area contributed by atoms with E-state index in [2.05, 4.69) is 17.2 Å². The number of anilines is 1. The summed E-state index contributed by atoms with van der Waals surface area (Å²) < 4.78 is 0. The Morgan fingerprint density at radius 1 is 1.14 bits per heavy atom. The summed E-state index contributed by atoms with van der Waals surface area (Å²) in [6.45, 7) is 2.10. The molecule has 2 aromatic carbocycles. The molecule has 0 unspecified atom stereocenters. The maximum Gasteiger partial charge on any atom is 0.257 e. The third kappa shape index (κ3) is 2.81. The second-order valence-electron chi connectivity index (χ2n) is 4.63. The van der Waals surface area contributed by atoms with E-state index in [0.29, 0.717) is 5.56 Å². The fourth-order valence-corrected chi connectivity index (χ4v) is 3.08. The van der Waals surface area contributed by atoms with Gasteiger partial charge in [-0.1, -0.05) is 31.2 Å². The number of aromatic amines is 1. The number of rotatable bonds is 4. The number of carbonyl (C=O) groups excluding carboxylic acids is 1. The standard InChI is InChI=1S/C17H16N2OS/c1-2-21-15-9-4-3-8-14(15)19-17(20)13-7-5-6-12-10-11-18-16(12)13/h3-11,18H,2H2,1H3,(H,19,20). The number of para-hydroxylation sites is 2. The number of aromatic nitrogens is 1. The Balaban J connectivity index is 1.92. The van der Waals surface area contributed by atoms with Crippen molar-refractivity contribution in [3.05, 3.63) is 60.3 Å². The molecule has 3 nitrogen and oxygen atoms in total. The number of hydrogen-bond donors (Lipinski definition) is 2. The monoisotopic (exact) mass is 296 g/mol. The summed E-state index contributed by atoms with van der Waals surface area (Å²) in [6.07, 6.45) is 1.85. The molecule has 1 heterocycles. The van der Waals surface area contributed by atoms with Crippen LogP contribution in [0.4, 0.5) is 5.69 Å². The van der Waals surface area contributed by atoms with Gasteiger partial charge in [0.05, 0.1) is 16.8 Å². The van der Waals surface area contributed by atoms with E-state index in [4.69, 9.17) is 0 Å². The zero-order valence-corrected chi connectivity index (χ0v) is 12.5. The van der Waals surface area contributed by atoms with Crippen molar-refractivity contribution in [3.63, 3.8) is 0 Å². The largest absolute Gasteiger partial charge is 0.361 e. The molecule has 4 heteroatoms. The normalized spacial score (nSPS) is 10.7. The maximum atomic E-state index is 12.5. The Morgan fingerprint density at radius 2 is 2.00 bits per heavy atom. The lowest BCUT2D eigenvalue weighted by Crippen LogP contribution is -2.13. The minimum absolute atomic E-state index is 0.0906. The van der Waals surface area contributed by atoms with E-state index in [0.717, 1.165) is 27.2 Å². The van der Waals surface area contributed by atoms with Gasteiger partial charge in [0.2, 0.25) is 0 Å². The van der Waals surface area contributed by atoms with Crippen molar-refractivity contribution < 1.29 is 4.79 Å². The Kier molecular flexibility index (Phi) is 3.97. The van der Waals surface area contributed by atoms with Crippen LogP contribution < -0.4 is 5.32 Å². The molecule has 0 aliphatic heterocycles. The number of benzene rings is 2. The predicted molar refractivity (Wildman–Crippen MR) is 89.1 cm³/mol. The SMILES string of the molecule is CCSc1ccccc1NC(=O)c1cccc2cc[nH]c12. The fraction of sp³-hybridized carbons (Fsp3) is 0.118. The first-order chi connectivity index (χ1) is 10.3. The van der Waals surface area contributed by atoms with Crippen LogP contribution in [0.25, 0.3) is 10.9 Å². The van der Waals surface area contributed by atoms with Gasteiger partial charge in [-0.25, -0.2) is 0 Å². The van der Waals surface area contributed by atoms with E-state index < -0.39 is 0 Å². The Labute approximate surface area is 127 Å². The number of H-pyrrole nitrogens is 1. The summed E-state index contributed by atoms with van der Waals surface area (Å²) in [5, 5.41) is 4.05. The quantitative estimate of drug-likeness (QED) is 0.695. The van der Waals surface area contributed by atoms with E-state index in [1.165, 1.54) is 0 Å². The van der Waals surface area contributed by atoms with Gasteiger partial charge < -0.3 is 10.3 Å². The molecule has 0 radical (unpaired) electrons. The highest BCUT2D eigenvalue weighted by molar-refractivity contribution is 7.99. The Bertz CT molecular complexity index is 779. The van der Waals surface area contributed by atoms with E-state index in [1.54, 1.807) is 11.8 Å². The molecule has 1 amide bonds. The van der Waals surface area contributed by atoms with Crippen molar-refractivity contribution in [1.82, 2.24) is 4.98 Å². The number of carbonyl (C=O) groups is 1. The van der Waals surface area contributed by atoms with Crippen LogP contribution in [0.15, 0.2) is 59.6 Å². The van der Waals surface area contributed by atoms with Crippen LogP contribution in [0, 0.1) is 0 Å². The minimum atomic E-state index is -0.0906. The first-order valence-corrected chi connectivity index (χ1v) is 7.87. The average molecular weight is 296 g/mol. The molecule has 2 N–H and O–H groups in total. The van der Waals surface area contributed by atoms with Crippen LogP contribution in [0.1, 0.15) is 17.3 Å². The second-order valence-corrected chi connectivity index (χ2v) is 5.94. The van der Waals surface area contributed by atoms with Crippen LogP contribution in [0.3, 0.4) is 0 Å². The van der Waals surface area contributed by atoms with Crippen LogP contribution in [0.2, 0.25) is 0 Å². The highest BCUT2D eigenvalue weighted by Crippen LogP contribution is 2.27. The number of amides is 1. The maximum absolute atomic E-state index is 12.5. The van der Waals surface area contributed by atoms with Gasteiger partial charge in [0, 0.05) is 16.5 Å². The van der Waals surface area contributed by atoms with Crippen LogP contribution in [-0.2, 0) is 0 Å². The van der Waals surface area contributed by atoms with Crippen molar-refractivity contribution in [2.24, 2.45) is 0 Å². The molecule has 3 rings (SSSR count). The highest BCUT2D eigenvalue weighted by Gasteiger charge is 2.12. The Hall–Kier alpha value is -2.20. The molecule has 1 aromatic heterocycles. The van der Waals surface area contributed by atoms with Crippen LogP contribution >= 0.6 is 11.8 Å². The lowest BCUT2D eigenvalue weighted by atomic mass is 10.1. The fourth-order valence-electron chi connectivity index (χ4n) is 2.32. The molecule has 0 saturated carbocycles. The van der Waals surface area contributed by atoms with Gasteiger partial charge in [0.15, 0.2) is 0 Å². The molecule has 0 fully saturated rings. The topological polar surface area (TPSA) is 44.9 Å². The van der Waals surface area contributed by atoms with Gasteiger partial charge >= 0.3 is 0 Å². The number of fused-ring (bicyclic) bond motifs is 1. The molecular formula is C17H16N2OS. The zero-order valence-electron chi connectivity index (χ0n) is 11.7. The van der Waals surface area contributed by atoms with E-state index in [9.17, 15) is 4.79 Å². The lowest BCUT2D eigenvalue weighted by molar-refractivity contribution is 0.102. The van der Waals surface area contributed by atoms with Crippen molar-refractivity contribution >= 4 is 34.3 Å². The molecule has 0 aliphatic carbocycles. The molecule has 0 saturated heterocycles. The second kappa shape index (κ2) is 6.06. The number of nitrogens with one attached hydrogen (secondary N) is 2. The summed E-state index contributed by atoms with van der Waals surface area (Å²) in [4.78, 5) is 16.8. The summed E-state index contributed by atoms with van der Waals surface area (Å²) in [7, 11) is 0. The van der Waals surface area contributed by atoms with Gasteiger partial charge in [-0.3, -0.25) is 4.79 Å². The van der Waals surface area contributed by atoms with Gasteiger partial charge in [-0.2, -0.15) is 0 Å². The molecule has 0 bridgehead atoms. The smallest absolute Gasteiger partial charge is 0.257 e. The first kappa shape index (κ1) is 13.8. The lowest BCUT2D eigenvalue weighted by Gasteiger charge is -2.10. The van der Waals surface area contributed by atoms with E-state index in [-0.39, 0.29) is 5.91 Å². The van der Waals surface area contributed by atoms with Gasteiger partial charge in [0.1, 0.15) is 0 Å². The highest BCUT2D eigenvalue weighted by atomic mass is 32.2. The molecule has 106 valence electrons. The summed E-state index contributed by atoms with van der Waals surface area (Å²) in [6, 6.07) is 15.6. The third-order valence-electron chi connectivity index (χ3n) is 3.27. The minimum Gasteiger partial charge on any atom is -0.361 e. The van der Waals surface area contributed by atoms with Crippen molar-refractivity contribution in [2.45, 2.75) is 11.8 Å². The van der Waals surface area contributed by atoms with Gasteiger partial charge in [0.25, 0.3) is 5.91 Å². The molecule has 21 heavy (non-hydrogen) atoms. The zero-order chi connectivity index (χ0) is 14.7.